The lowest BCUT2D eigenvalue weighted by atomic mass is 10.0. The number of aromatic nitrogens is 1. The van der Waals surface area contributed by atoms with E-state index >= 15 is 0 Å². The van der Waals surface area contributed by atoms with Gasteiger partial charge in [-0.05, 0) is 36.5 Å². The lowest BCUT2D eigenvalue weighted by molar-refractivity contribution is 0.0641. The molecule has 27 heavy (non-hydrogen) atoms. The number of fused-ring (bicyclic) bond motifs is 1. The van der Waals surface area contributed by atoms with Gasteiger partial charge in [-0.2, -0.15) is 0 Å². The largest absolute Gasteiger partial charge is 0.454 e. The van der Waals surface area contributed by atoms with Crippen LogP contribution >= 0.6 is 0 Å². The minimum Gasteiger partial charge on any atom is -0.454 e. The number of carbonyl (C=O) groups excluding carboxylic acids is 1. The smallest absolute Gasteiger partial charge is 0.273 e. The molecule has 3 heterocycles. The highest BCUT2D eigenvalue weighted by molar-refractivity contribution is 5.92. The average Bonchev–Trinajstić information content (AvgIpc) is 3.36. The van der Waals surface area contributed by atoms with Crippen molar-refractivity contribution in [2.45, 2.75) is 26.1 Å². The van der Waals surface area contributed by atoms with Gasteiger partial charge in [-0.3, -0.25) is 4.79 Å². The molecule has 8 nitrogen and oxygen atoms in total. The minimum absolute atomic E-state index is 0.229. The molecule has 2 aliphatic heterocycles. The van der Waals surface area contributed by atoms with E-state index in [0.717, 1.165) is 43.1 Å². The molecule has 0 saturated carbocycles. The van der Waals surface area contributed by atoms with Crippen LogP contribution in [0.1, 0.15) is 34.7 Å². The van der Waals surface area contributed by atoms with Crippen LogP contribution in [-0.2, 0) is 22.7 Å². The summed E-state index contributed by atoms with van der Waals surface area (Å²) in [5, 5.41) is 6.73. The zero-order valence-electron chi connectivity index (χ0n) is 14.9. The van der Waals surface area contributed by atoms with Gasteiger partial charge < -0.3 is 28.8 Å². The highest BCUT2D eigenvalue weighted by Crippen LogP contribution is 2.32. The standard InChI is InChI=1S/C19H22N2O6/c22-19(20-9-13-3-5-23-6-4-13)16-8-15(27-21-16)11-24-10-14-1-2-17-18(7-14)26-12-25-17/h1-2,7-8,13H,3-6,9-12H2,(H,20,22). The Morgan fingerprint density at radius 1 is 1.15 bits per heavy atom. The summed E-state index contributed by atoms with van der Waals surface area (Å²) >= 11 is 0. The van der Waals surface area contributed by atoms with Gasteiger partial charge >= 0.3 is 0 Å². The highest BCUT2D eigenvalue weighted by Gasteiger charge is 2.18. The monoisotopic (exact) mass is 374 g/mol. The number of rotatable bonds is 7. The molecule has 0 bridgehead atoms. The Morgan fingerprint density at radius 2 is 2.00 bits per heavy atom. The molecule has 0 radical (unpaired) electrons. The second-order valence-corrected chi connectivity index (χ2v) is 6.62. The molecular formula is C19H22N2O6. The molecule has 0 spiro atoms. The molecular weight excluding hydrogens is 352 g/mol. The second kappa shape index (κ2) is 8.41. The molecule has 0 unspecified atom stereocenters. The number of hydrogen-bond donors (Lipinski definition) is 1. The number of ether oxygens (including phenoxy) is 4. The molecule has 0 atom stereocenters. The van der Waals surface area contributed by atoms with Crippen LogP contribution in [0, 0.1) is 5.92 Å². The maximum atomic E-state index is 12.2. The first-order valence-electron chi connectivity index (χ1n) is 9.06. The van der Waals surface area contributed by atoms with E-state index in [4.69, 9.17) is 23.5 Å². The average molecular weight is 374 g/mol. The number of amides is 1. The van der Waals surface area contributed by atoms with E-state index in [0.29, 0.717) is 24.8 Å². The Bertz CT molecular complexity index is 784. The SMILES string of the molecule is O=C(NCC1CCOCC1)c1cc(COCc2ccc3c(c2)OCO3)on1. The Balaban J connectivity index is 1.22. The molecule has 2 aliphatic rings. The summed E-state index contributed by atoms with van der Waals surface area (Å²) in [5.74, 6) is 2.20. The van der Waals surface area contributed by atoms with E-state index in [9.17, 15) is 4.79 Å². The quantitative estimate of drug-likeness (QED) is 0.795. The van der Waals surface area contributed by atoms with E-state index in [1.54, 1.807) is 6.07 Å². The second-order valence-electron chi connectivity index (χ2n) is 6.62. The molecule has 144 valence electrons. The summed E-state index contributed by atoms with van der Waals surface area (Å²) in [4.78, 5) is 12.2. The molecule has 0 aliphatic carbocycles. The van der Waals surface area contributed by atoms with Crippen LogP contribution in [0.25, 0.3) is 0 Å². The van der Waals surface area contributed by atoms with Gasteiger partial charge in [-0.1, -0.05) is 11.2 Å². The van der Waals surface area contributed by atoms with Crippen LogP contribution in [0.15, 0.2) is 28.8 Å². The fourth-order valence-electron chi connectivity index (χ4n) is 3.07. The molecule has 2 aromatic rings. The van der Waals surface area contributed by atoms with Crippen molar-refractivity contribution in [1.82, 2.24) is 10.5 Å². The van der Waals surface area contributed by atoms with Crippen LogP contribution < -0.4 is 14.8 Å². The summed E-state index contributed by atoms with van der Waals surface area (Å²) in [6, 6.07) is 7.27. The van der Waals surface area contributed by atoms with Crippen molar-refractivity contribution in [1.29, 1.82) is 0 Å². The molecule has 8 heteroatoms. The topological polar surface area (TPSA) is 92.1 Å². The van der Waals surface area contributed by atoms with Gasteiger partial charge in [0.15, 0.2) is 23.0 Å². The van der Waals surface area contributed by atoms with Crippen LogP contribution in [0.3, 0.4) is 0 Å². The Hall–Kier alpha value is -2.58. The summed E-state index contributed by atoms with van der Waals surface area (Å²) in [7, 11) is 0. The molecule has 1 saturated heterocycles. The highest BCUT2D eigenvalue weighted by atomic mass is 16.7. The van der Waals surface area contributed by atoms with Crippen molar-refractivity contribution in [3.8, 4) is 11.5 Å². The van der Waals surface area contributed by atoms with Crippen LogP contribution in [0.5, 0.6) is 11.5 Å². The van der Waals surface area contributed by atoms with Gasteiger partial charge in [-0.15, -0.1) is 0 Å². The Labute approximate surface area is 156 Å². The third kappa shape index (κ3) is 4.58. The van der Waals surface area contributed by atoms with Crippen LogP contribution in [0.4, 0.5) is 0 Å². The summed E-state index contributed by atoms with van der Waals surface area (Å²) in [5.41, 5.74) is 1.23. The molecule has 1 fully saturated rings. The number of nitrogens with one attached hydrogen (secondary N) is 1. The number of nitrogens with zero attached hydrogens (tertiary/aromatic N) is 1. The minimum atomic E-state index is -0.229. The van der Waals surface area contributed by atoms with Crippen molar-refractivity contribution < 1.29 is 28.3 Å². The lowest BCUT2D eigenvalue weighted by Gasteiger charge is -2.21. The Morgan fingerprint density at radius 3 is 2.89 bits per heavy atom. The van der Waals surface area contributed by atoms with E-state index in [2.05, 4.69) is 10.5 Å². The molecule has 1 aromatic heterocycles. The van der Waals surface area contributed by atoms with E-state index in [1.807, 2.05) is 18.2 Å². The predicted molar refractivity (Wildman–Crippen MR) is 93.4 cm³/mol. The van der Waals surface area contributed by atoms with Crippen molar-refractivity contribution in [2.24, 2.45) is 5.92 Å². The summed E-state index contributed by atoms with van der Waals surface area (Å²) in [6.07, 6.45) is 1.94. The zero-order chi connectivity index (χ0) is 18.5. The number of benzene rings is 1. The lowest BCUT2D eigenvalue weighted by Crippen LogP contribution is -2.32. The molecule has 1 N–H and O–H groups in total. The van der Waals surface area contributed by atoms with Crippen molar-refractivity contribution >= 4 is 5.91 Å². The summed E-state index contributed by atoms with van der Waals surface area (Å²) < 4.78 is 26.8. The van der Waals surface area contributed by atoms with Crippen molar-refractivity contribution in [2.75, 3.05) is 26.6 Å². The van der Waals surface area contributed by atoms with Gasteiger partial charge in [0, 0.05) is 25.8 Å². The van der Waals surface area contributed by atoms with Gasteiger partial charge in [-0.25, -0.2) is 0 Å². The van der Waals surface area contributed by atoms with E-state index in [-0.39, 0.29) is 25.0 Å². The van der Waals surface area contributed by atoms with Crippen molar-refractivity contribution in [3.05, 3.63) is 41.3 Å². The number of carbonyl (C=O) groups is 1. The molecule has 1 amide bonds. The first-order valence-corrected chi connectivity index (χ1v) is 9.06. The third-order valence-corrected chi connectivity index (χ3v) is 4.63. The number of hydrogen-bond acceptors (Lipinski definition) is 7. The van der Waals surface area contributed by atoms with Gasteiger partial charge in [0.05, 0.1) is 6.61 Å². The Kier molecular flexibility index (Phi) is 5.55. The maximum Gasteiger partial charge on any atom is 0.273 e. The fraction of sp³-hybridized carbons (Fsp3) is 0.474. The molecule has 1 aromatic carbocycles. The normalized spacial score (nSPS) is 16.4. The maximum absolute atomic E-state index is 12.2. The first-order chi connectivity index (χ1) is 13.3. The first kappa shape index (κ1) is 17.8. The van der Waals surface area contributed by atoms with Crippen LogP contribution in [-0.4, -0.2) is 37.6 Å². The van der Waals surface area contributed by atoms with Crippen LogP contribution in [0.2, 0.25) is 0 Å². The zero-order valence-corrected chi connectivity index (χ0v) is 14.9. The predicted octanol–water partition coefficient (Wildman–Crippen LogP) is 2.28. The van der Waals surface area contributed by atoms with Gasteiger partial charge in [0.1, 0.15) is 6.61 Å². The van der Waals surface area contributed by atoms with Gasteiger partial charge in [0.2, 0.25) is 6.79 Å². The third-order valence-electron chi connectivity index (χ3n) is 4.63. The van der Waals surface area contributed by atoms with Gasteiger partial charge in [0.25, 0.3) is 5.91 Å². The molecule has 4 rings (SSSR count). The fourth-order valence-corrected chi connectivity index (χ4v) is 3.07. The van der Waals surface area contributed by atoms with Crippen molar-refractivity contribution in [3.63, 3.8) is 0 Å². The van der Waals surface area contributed by atoms with E-state index < -0.39 is 0 Å². The summed E-state index contributed by atoms with van der Waals surface area (Å²) in [6.45, 7) is 3.02. The van der Waals surface area contributed by atoms with E-state index in [1.165, 1.54) is 0 Å².